The van der Waals surface area contributed by atoms with Crippen LogP contribution in [0, 0.1) is 13.8 Å². The molecule has 0 fully saturated rings. The number of para-hydroxylation sites is 1. The Labute approximate surface area is 194 Å². The summed E-state index contributed by atoms with van der Waals surface area (Å²) >= 11 is 0. The molecule has 0 saturated carbocycles. The zero-order valence-corrected chi connectivity index (χ0v) is 19.5. The van der Waals surface area contributed by atoms with Crippen LogP contribution < -0.4 is 19.9 Å². The van der Waals surface area contributed by atoms with Gasteiger partial charge in [-0.3, -0.25) is 9.59 Å². The first-order chi connectivity index (χ1) is 15.8. The Balaban J connectivity index is 1.85. The lowest BCUT2D eigenvalue weighted by atomic mass is 10.0. The number of methoxy groups -OCH3 is 1. The summed E-state index contributed by atoms with van der Waals surface area (Å²) in [5.41, 5.74) is 5.30. The van der Waals surface area contributed by atoms with Crippen molar-refractivity contribution in [1.82, 2.24) is 0 Å². The topological polar surface area (TPSA) is 61.9 Å². The molecule has 4 rings (SSSR count). The number of imide groups is 1. The van der Waals surface area contributed by atoms with E-state index >= 15 is 0 Å². The predicted molar refractivity (Wildman–Crippen MR) is 133 cm³/mol. The Morgan fingerprint density at radius 2 is 1.55 bits per heavy atom. The van der Waals surface area contributed by atoms with E-state index in [1.807, 2.05) is 81.4 Å². The zero-order chi connectivity index (χ0) is 23.7. The molecule has 6 heteroatoms. The smallest absolute Gasteiger partial charge is 0.282 e. The summed E-state index contributed by atoms with van der Waals surface area (Å²) in [6.45, 7) is 3.88. The van der Waals surface area contributed by atoms with Crippen molar-refractivity contribution >= 4 is 34.4 Å². The number of benzene rings is 3. The maximum atomic E-state index is 13.7. The third kappa shape index (κ3) is 3.96. The van der Waals surface area contributed by atoms with Gasteiger partial charge in [0.15, 0.2) is 0 Å². The molecule has 0 spiro atoms. The fourth-order valence-corrected chi connectivity index (χ4v) is 3.93. The van der Waals surface area contributed by atoms with Crippen LogP contribution >= 0.6 is 0 Å². The number of nitrogens with zero attached hydrogens (tertiary/aromatic N) is 2. The first-order valence-corrected chi connectivity index (χ1v) is 10.7. The van der Waals surface area contributed by atoms with E-state index in [0.29, 0.717) is 22.7 Å². The number of hydrogen-bond acceptors (Lipinski definition) is 5. The lowest BCUT2D eigenvalue weighted by Gasteiger charge is -2.19. The third-order valence-corrected chi connectivity index (χ3v) is 5.93. The van der Waals surface area contributed by atoms with Gasteiger partial charge < -0.3 is 15.0 Å². The molecule has 2 amide bonds. The molecular weight excluding hydrogens is 414 g/mol. The standard InChI is InChI=1S/C27H27N3O3/c1-17-9-8-11-22(18(17)2)30-26(31)24(21-10-6-7-12-23(21)33-5)25(27(30)32)28-19-13-15-20(16-14-19)29(3)4/h6-16,28H,1-5H3. The Kier molecular flexibility index (Phi) is 5.92. The van der Waals surface area contributed by atoms with Gasteiger partial charge in [0.05, 0.1) is 18.4 Å². The number of carbonyl (C=O) groups is 2. The van der Waals surface area contributed by atoms with Crippen molar-refractivity contribution < 1.29 is 14.3 Å². The van der Waals surface area contributed by atoms with Gasteiger partial charge >= 0.3 is 0 Å². The summed E-state index contributed by atoms with van der Waals surface area (Å²) in [5, 5.41) is 3.21. The van der Waals surface area contributed by atoms with Crippen molar-refractivity contribution in [1.29, 1.82) is 0 Å². The summed E-state index contributed by atoms with van der Waals surface area (Å²) < 4.78 is 5.52. The third-order valence-electron chi connectivity index (χ3n) is 5.93. The number of hydrogen-bond donors (Lipinski definition) is 1. The highest BCUT2D eigenvalue weighted by Crippen LogP contribution is 2.38. The van der Waals surface area contributed by atoms with Crippen molar-refractivity contribution in [3.63, 3.8) is 0 Å². The van der Waals surface area contributed by atoms with Crippen LogP contribution in [-0.4, -0.2) is 33.0 Å². The summed E-state index contributed by atoms with van der Waals surface area (Å²) in [6, 6.07) is 20.5. The predicted octanol–water partition coefficient (Wildman–Crippen LogP) is 4.77. The highest BCUT2D eigenvalue weighted by Gasteiger charge is 2.41. The molecular formula is C27H27N3O3. The van der Waals surface area contributed by atoms with E-state index in [4.69, 9.17) is 4.74 Å². The first kappa shape index (κ1) is 22.1. The van der Waals surface area contributed by atoms with Crippen molar-refractivity contribution in [2.24, 2.45) is 0 Å². The van der Waals surface area contributed by atoms with Crippen molar-refractivity contribution in [2.45, 2.75) is 13.8 Å². The maximum Gasteiger partial charge on any atom is 0.282 e. The normalized spacial score (nSPS) is 13.5. The number of anilines is 3. The molecule has 3 aromatic carbocycles. The van der Waals surface area contributed by atoms with E-state index in [1.54, 1.807) is 25.3 Å². The average Bonchev–Trinajstić information content (AvgIpc) is 3.05. The molecule has 1 aliphatic rings. The Morgan fingerprint density at radius 3 is 2.21 bits per heavy atom. The molecule has 6 nitrogen and oxygen atoms in total. The molecule has 0 atom stereocenters. The van der Waals surface area contributed by atoms with Crippen molar-refractivity contribution in [3.05, 3.63) is 89.1 Å². The van der Waals surface area contributed by atoms with E-state index < -0.39 is 5.91 Å². The summed E-state index contributed by atoms with van der Waals surface area (Å²) in [4.78, 5) is 30.7. The van der Waals surface area contributed by atoms with Gasteiger partial charge in [-0.15, -0.1) is 0 Å². The van der Waals surface area contributed by atoms with Gasteiger partial charge in [-0.05, 0) is 61.4 Å². The number of carbonyl (C=O) groups excluding carboxylic acids is 2. The minimum Gasteiger partial charge on any atom is -0.496 e. The quantitative estimate of drug-likeness (QED) is 0.558. The SMILES string of the molecule is COc1ccccc1C1=C(Nc2ccc(N(C)C)cc2)C(=O)N(c2cccc(C)c2C)C1=O. The van der Waals surface area contributed by atoms with Crippen LogP contribution in [0.15, 0.2) is 72.4 Å². The van der Waals surface area contributed by atoms with Gasteiger partial charge in [0.1, 0.15) is 11.4 Å². The molecule has 3 aromatic rings. The van der Waals surface area contributed by atoms with Crippen LogP contribution in [0.25, 0.3) is 5.57 Å². The molecule has 0 radical (unpaired) electrons. The highest BCUT2D eigenvalue weighted by molar-refractivity contribution is 6.46. The van der Waals surface area contributed by atoms with Crippen LogP contribution in [0.2, 0.25) is 0 Å². The number of ether oxygens (including phenoxy) is 1. The molecule has 0 unspecified atom stereocenters. The molecule has 33 heavy (non-hydrogen) atoms. The monoisotopic (exact) mass is 441 g/mol. The highest BCUT2D eigenvalue weighted by atomic mass is 16.5. The molecule has 0 saturated heterocycles. The molecule has 1 N–H and O–H groups in total. The molecule has 168 valence electrons. The number of nitrogens with one attached hydrogen (secondary N) is 1. The lowest BCUT2D eigenvalue weighted by molar-refractivity contribution is -0.120. The maximum absolute atomic E-state index is 13.7. The van der Waals surface area contributed by atoms with E-state index in [0.717, 1.165) is 16.8 Å². The fourth-order valence-electron chi connectivity index (χ4n) is 3.93. The van der Waals surface area contributed by atoms with Crippen LogP contribution in [0.4, 0.5) is 17.1 Å². The number of amides is 2. The van der Waals surface area contributed by atoms with Gasteiger partial charge in [-0.2, -0.15) is 0 Å². The second-order valence-electron chi connectivity index (χ2n) is 8.18. The van der Waals surface area contributed by atoms with E-state index in [-0.39, 0.29) is 17.2 Å². The zero-order valence-electron chi connectivity index (χ0n) is 19.5. The Hall–Kier alpha value is -4.06. The van der Waals surface area contributed by atoms with Gasteiger partial charge in [-0.25, -0.2) is 4.90 Å². The van der Waals surface area contributed by atoms with Crippen LogP contribution in [0.5, 0.6) is 5.75 Å². The molecule has 1 aliphatic heterocycles. The molecule has 0 bridgehead atoms. The molecule has 0 aromatic heterocycles. The second-order valence-corrected chi connectivity index (χ2v) is 8.18. The van der Waals surface area contributed by atoms with E-state index in [1.165, 1.54) is 4.90 Å². The van der Waals surface area contributed by atoms with Crippen LogP contribution in [-0.2, 0) is 9.59 Å². The van der Waals surface area contributed by atoms with Crippen molar-refractivity contribution in [2.75, 3.05) is 36.3 Å². The fraction of sp³-hybridized carbons (Fsp3) is 0.185. The van der Waals surface area contributed by atoms with Crippen molar-refractivity contribution in [3.8, 4) is 5.75 Å². The average molecular weight is 442 g/mol. The number of rotatable bonds is 6. The summed E-state index contributed by atoms with van der Waals surface area (Å²) in [7, 11) is 5.48. The van der Waals surface area contributed by atoms with Gasteiger partial charge in [0.25, 0.3) is 11.8 Å². The van der Waals surface area contributed by atoms with Gasteiger partial charge in [0.2, 0.25) is 0 Å². The summed E-state index contributed by atoms with van der Waals surface area (Å²) in [6.07, 6.45) is 0. The first-order valence-electron chi connectivity index (χ1n) is 10.7. The van der Waals surface area contributed by atoms with Gasteiger partial charge in [0, 0.05) is 31.0 Å². The van der Waals surface area contributed by atoms with E-state index in [2.05, 4.69) is 5.32 Å². The lowest BCUT2D eigenvalue weighted by Crippen LogP contribution is -2.33. The van der Waals surface area contributed by atoms with Crippen LogP contribution in [0.1, 0.15) is 16.7 Å². The Morgan fingerprint density at radius 1 is 0.848 bits per heavy atom. The van der Waals surface area contributed by atoms with Crippen LogP contribution in [0.3, 0.4) is 0 Å². The largest absolute Gasteiger partial charge is 0.496 e. The number of aryl methyl sites for hydroxylation is 1. The molecule has 1 heterocycles. The minimum atomic E-state index is -0.397. The Bertz CT molecular complexity index is 1260. The van der Waals surface area contributed by atoms with E-state index in [9.17, 15) is 9.59 Å². The second kappa shape index (κ2) is 8.82. The summed E-state index contributed by atoms with van der Waals surface area (Å²) in [5.74, 6) is -0.254. The molecule has 0 aliphatic carbocycles. The van der Waals surface area contributed by atoms with Gasteiger partial charge in [-0.1, -0.05) is 30.3 Å². The minimum absolute atomic E-state index is 0.225.